The lowest BCUT2D eigenvalue weighted by molar-refractivity contribution is 0.0992. The Morgan fingerprint density at radius 2 is 1.88 bits per heavy atom. The maximum Gasteiger partial charge on any atom is 0.259 e. The first-order valence-electron chi connectivity index (χ1n) is 8.04. The van der Waals surface area contributed by atoms with Gasteiger partial charge in [0.15, 0.2) is 0 Å². The van der Waals surface area contributed by atoms with Crippen LogP contribution in [0.4, 0.5) is 10.1 Å². The number of halogens is 1. The van der Waals surface area contributed by atoms with Crippen LogP contribution in [-0.4, -0.2) is 21.6 Å². The molecule has 132 valence electrons. The zero-order valence-corrected chi connectivity index (χ0v) is 14.1. The van der Waals surface area contributed by atoms with E-state index in [0.717, 1.165) is 17.4 Å². The van der Waals surface area contributed by atoms with Crippen LogP contribution in [0.5, 0.6) is 0 Å². The van der Waals surface area contributed by atoms with Crippen molar-refractivity contribution in [2.75, 3.05) is 5.32 Å². The molecule has 0 atom stereocenters. The molecule has 1 heterocycles. The molecule has 0 spiro atoms. The summed E-state index contributed by atoms with van der Waals surface area (Å²) in [4.78, 5) is 23.9. The number of carbonyl (C=O) groups is 2. The number of aromatic nitrogens is 2. The fourth-order valence-corrected chi connectivity index (χ4v) is 2.69. The lowest BCUT2D eigenvalue weighted by Crippen LogP contribution is -2.17. The molecular weight excluding hydrogens is 335 g/mol. The van der Waals surface area contributed by atoms with Crippen LogP contribution in [0, 0.1) is 5.82 Å². The molecule has 0 aliphatic heterocycles. The van der Waals surface area contributed by atoms with Gasteiger partial charge in [0.2, 0.25) is 0 Å². The maximum absolute atomic E-state index is 13.6. The van der Waals surface area contributed by atoms with Crippen molar-refractivity contribution in [3.8, 4) is 5.69 Å². The van der Waals surface area contributed by atoms with E-state index in [1.807, 2.05) is 37.3 Å². The van der Waals surface area contributed by atoms with Gasteiger partial charge in [-0.15, -0.1) is 0 Å². The van der Waals surface area contributed by atoms with Crippen LogP contribution in [-0.2, 0) is 6.42 Å². The van der Waals surface area contributed by atoms with Crippen molar-refractivity contribution in [1.82, 2.24) is 9.78 Å². The summed E-state index contributed by atoms with van der Waals surface area (Å²) in [5, 5.41) is 6.96. The molecular formula is C19H17FN4O2. The first kappa shape index (κ1) is 17.3. The Kier molecular flexibility index (Phi) is 4.79. The molecule has 0 radical (unpaired) electrons. The van der Waals surface area contributed by atoms with Crippen molar-refractivity contribution in [3.63, 3.8) is 0 Å². The standard InChI is InChI=1S/C19H17FN4O2/c1-2-17-15(11-22-24(17)13-6-4-3-5-7-13)19(26)23-12-8-9-16(20)14(10-12)18(21)25/h3-11H,2H2,1H3,(H2,21,25)(H,23,26). The molecule has 3 N–H and O–H groups in total. The van der Waals surface area contributed by atoms with Crippen LogP contribution in [0.25, 0.3) is 5.69 Å². The third-order valence-electron chi connectivity index (χ3n) is 3.94. The molecule has 0 saturated heterocycles. The van der Waals surface area contributed by atoms with Crippen LogP contribution < -0.4 is 11.1 Å². The maximum atomic E-state index is 13.6. The van der Waals surface area contributed by atoms with Crippen molar-refractivity contribution in [3.05, 3.63) is 77.4 Å². The van der Waals surface area contributed by atoms with E-state index < -0.39 is 17.6 Å². The molecule has 0 unspecified atom stereocenters. The van der Waals surface area contributed by atoms with Gasteiger partial charge in [-0.05, 0) is 36.8 Å². The monoisotopic (exact) mass is 352 g/mol. The Morgan fingerprint density at radius 3 is 2.54 bits per heavy atom. The summed E-state index contributed by atoms with van der Waals surface area (Å²) in [6.07, 6.45) is 2.08. The molecule has 0 aliphatic carbocycles. The highest BCUT2D eigenvalue weighted by Gasteiger charge is 2.18. The number of nitrogens with zero attached hydrogens (tertiary/aromatic N) is 2. The number of amides is 2. The van der Waals surface area contributed by atoms with Crippen molar-refractivity contribution in [2.45, 2.75) is 13.3 Å². The van der Waals surface area contributed by atoms with E-state index in [-0.39, 0.29) is 11.3 Å². The minimum Gasteiger partial charge on any atom is -0.366 e. The lowest BCUT2D eigenvalue weighted by Gasteiger charge is -2.09. The first-order chi connectivity index (χ1) is 12.5. The average Bonchev–Trinajstić information content (AvgIpc) is 3.08. The minimum atomic E-state index is -0.898. The fourth-order valence-electron chi connectivity index (χ4n) is 2.69. The fraction of sp³-hybridized carbons (Fsp3) is 0.105. The van der Waals surface area contributed by atoms with Gasteiger partial charge in [-0.2, -0.15) is 5.10 Å². The first-order valence-corrected chi connectivity index (χ1v) is 8.04. The molecule has 0 saturated carbocycles. The van der Waals surface area contributed by atoms with E-state index in [1.54, 1.807) is 4.68 Å². The van der Waals surface area contributed by atoms with Crippen LogP contribution in [0.15, 0.2) is 54.7 Å². The Bertz CT molecular complexity index is 967. The number of primary amides is 1. The predicted octanol–water partition coefficient (Wildman–Crippen LogP) is 2.93. The summed E-state index contributed by atoms with van der Waals surface area (Å²) < 4.78 is 15.3. The summed E-state index contributed by atoms with van der Waals surface area (Å²) >= 11 is 0. The zero-order chi connectivity index (χ0) is 18.7. The third kappa shape index (κ3) is 3.32. The van der Waals surface area contributed by atoms with E-state index in [2.05, 4.69) is 10.4 Å². The number of hydrogen-bond acceptors (Lipinski definition) is 3. The highest BCUT2D eigenvalue weighted by atomic mass is 19.1. The average molecular weight is 352 g/mol. The number of hydrogen-bond donors (Lipinski definition) is 2. The molecule has 26 heavy (non-hydrogen) atoms. The number of nitrogens with one attached hydrogen (secondary N) is 1. The van der Waals surface area contributed by atoms with Crippen molar-refractivity contribution in [1.29, 1.82) is 0 Å². The van der Waals surface area contributed by atoms with Gasteiger partial charge in [0.25, 0.3) is 11.8 Å². The normalized spacial score (nSPS) is 10.5. The molecule has 2 amide bonds. The summed E-state index contributed by atoms with van der Waals surface area (Å²) in [7, 11) is 0. The van der Waals surface area contributed by atoms with Gasteiger partial charge in [0, 0.05) is 5.69 Å². The molecule has 2 aromatic carbocycles. The number of anilines is 1. The Balaban J connectivity index is 1.91. The number of carbonyl (C=O) groups excluding carboxylic acids is 2. The molecule has 3 rings (SSSR count). The quantitative estimate of drug-likeness (QED) is 0.740. The molecule has 0 fully saturated rings. The van der Waals surface area contributed by atoms with Gasteiger partial charge in [0.05, 0.1) is 28.7 Å². The molecule has 7 heteroatoms. The van der Waals surface area contributed by atoms with Crippen LogP contribution in [0.3, 0.4) is 0 Å². The number of nitrogens with two attached hydrogens (primary N) is 1. The smallest absolute Gasteiger partial charge is 0.259 e. The van der Waals surface area contributed by atoms with Gasteiger partial charge >= 0.3 is 0 Å². The van der Waals surface area contributed by atoms with Gasteiger partial charge < -0.3 is 11.1 Å². The van der Waals surface area contributed by atoms with E-state index in [0.29, 0.717) is 12.0 Å². The second kappa shape index (κ2) is 7.18. The Hall–Kier alpha value is -3.48. The third-order valence-corrected chi connectivity index (χ3v) is 3.94. The number of rotatable bonds is 5. The largest absolute Gasteiger partial charge is 0.366 e. The number of benzene rings is 2. The second-order valence-electron chi connectivity index (χ2n) is 5.62. The predicted molar refractivity (Wildman–Crippen MR) is 95.8 cm³/mol. The van der Waals surface area contributed by atoms with E-state index in [9.17, 15) is 14.0 Å². The van der Waals surface area contributed by atoms with Gasteiger partial charge in [0.1, 0.15) is 5.82 Å². The van der Waals surface area contributed by atoms with Crippen molar-refractivity contribution >= 4 is 17.5 Å². The molecule has 1 aromatic heterocycles. The highest BCUT2D eigenvalue weighted by Crippen LogP contribution is 2.19. The SMILES string of the molecule is CCc1c(C(=O)Nc2ccc(F)c(C(N)=O)c2)cnn1-c1ccccc1. The zero-order valence-electron chi connectivity index (χ0n) is 14.1. The van der Waals surface area contributed by atoms with Gasteiger partial charge in [-0.25, -0.2) is 9.07 Å². The summed E-state index contributed by atoms with van der Waals surface area (Å²) in [6, 6.07) is 13.1. The van der Waals surface area contributed by atoms with Crippen molar-refractivity contribution < 1.29 is 14.0 Å². The minimum absolute atomic E-state index is 0.278. The van der Waals surface area contributed by atoms with Crippen molar-refractivity contribution in [2.24, 2.45) is 5.73 Å². The van der Waals surface area contributed by atoms with Crippen LogP contribution >= 0.6 is 0 Å². The molecule has 6 nitrogen and oxygen atoms in total. The van der Waals surface area contributed by atoms with Gasteiger partial charge in [-0.1, -0.05) is 25.1 Å². The van der Waals surface area contributed by atoms with E-state index >= 15 is 0 Å². The van der Waals surface area contributed by atoms with Crippen LogP contribution in [0.1, 0.15) is 33.3 Å². The van der Waals surface area contributed by atoms with Gasteiger partial charge in [-0.3, -0.25) is 9.59 Å². The van der Waals surface area contributed by atoms with Crippen LogP contribution in [0.2, 0.25) is 0 Å². The summed E-state index contributed by atoms with van der Waals surface area (Å²) in [5.41, 5.74) is 7.13. The Labute approximate surface area is 149 Å². The topological polar surface area (TPSA) is 90.0 Å². The molecule has 0 bridgehead atoms. The lowest BCUT2D eigenvalue weighted by atomic mass is 10.1. The summed E-state index contributed by atoms with van der Waals surface area (Å²) in [6.45, 7) is 1.93. The number of para-hydroxylation sites is 1. The molecule has 0 aliphatic rings. The highest BCUT2D eigenvalue weighted by molar-refractivity contribution is 6.05. The van der Waals surface area contributed by atoms with E-state index in [1.165, 1.54) is 18.3 Å². The Morgan fingerprint density at radius 1 is 1.15 bits per heavy atom. The van der Waals surface area contributed by atoms with E-state index in [4.69, 9.17) is 5.73 Å². The summed E-state index contributed by atoms with van der Waals surface area (Å²) in [5.74, 6) is -2.03. The molecule has 3 aromatic rings. The second-order valence-corrected chi connectivity index (χ2v) is 5.62.